The van der Waals surface area contributed by atoms with Gasteiger partial charge in [0.15, 0.2) is 0 Å². The number of rotatable bonds is 5. The number of likely N-dealkylation sites (tertiary alicyclic amines) is 1. The van der Waals surface area contributed by atoms with Crippen LogP contribution in [0, 0.1) is 5.92 Å². The molecule has 5 heteroatoms. The highest BCUT2D eigenvalue weighted by molar-refractivity contribution is 5.96. The smallest absolute Gasteiger partial charge is 0.251 e. The topological polar surface area (TPSA) is 75.4 Å². The van der Waals surface area contributed by atoms with Crippen molar-refractivity contribution in [1.29, 1.82) is 0 Å². The van der Waals surface area contributed by atoms with E-state index in [4.69, 9.17) is 5.73 Å². The number of carbonyl (C=O) groups excluding carboxylic acids is 2. The third-order valence-electron chi connectivity index (χ3n) is 3.88. The lowest BCUT2D eigenvalue weighted by Gasteiger charge is -2.32. The average Bonchev–Trinajstić information content (AvgIpc) is 2.53. The van der Waals surface area contributed by atoms with Gasteiger partial charge in [-0.1, -0.05) is 18.2 Å². The minimum atomic E-state index is -0.209. The predicted molar refractivity (Wildman–Crippen MR) is 81.8 cm³/mol. The minimum absolute atomic E-state index is 0.0130. The van der Waals surface area contributed by atoms with Crippen LogP contribution in [0.2, 0.25) is 0 Å². The van der Waals surface area contributed by atoms with Crippen LogP contribution in [0.5, 0.6) is 0 Å². The first-order valence-electron chi connectivity index (χ1n) is 7.52. The van der Waals surface area contributed by atoms with Crippen molar-refractivity contribution in [2.24, 2.45) is 11.7 Å². The Morgan fingerprint density at radius 1 is 1.29 bits per heavy atom. The van der Waals surface area contributed by atoms with Gasteiger partial charge in [0.25, 0.3) is 5.91 Å². The van der Waals surface area contributed by atoms with E-state index in [9.17, 15) is 9.59 Å². The lowest BCUT2D eigenvalue weighted by Crippen LogP contribution is -2.45. The van der Waals surface area contributed by atoms with Crippen LogP contribution < -0.4 is 11.1 Å². The van der Waals surface area contributed by atoms with E-state index in [1.165, 1.54) is 0 Å². The van der Waals surface area contributed by atoms with Gasteiger partial charge in [0, 0.05) is 18.7 Å². The Morgan fingerprint density at radius 2 is 2.05 bits per heavy atom. The van der Waals surface area contributed by atoms with E-state index in [0.717, 1.165) is 32.4 Å². The molecule has 0 radical (unpaired) electrons. The molecule has 2 amide bonds. The van der Waals surface area contributed by atoms with Gasteiger partial charge >= 0.3 is 0 Å². The summed E-state index contributed by atoms with van der Waals surface area (Å²) in [6.45, 7) is 2.26. The van der Waals surface area contributed by atoms with E-state index < -0.39 is 0 Å². The summed E-state index contributed by atoms with van der Waals surface area (Å²) in [5.41, 5.74) is 6.16. The summed E-state index contributed by atoms with van der Waals surface area (Å²) in [6, 6.07) is 8.93. The van der Waals surface area contributed by atoms with Crippen LogP contribution in [-0.4, -0.2) is 42.9 Å². The Labute approximate surface area is 125 Å². The van der Waals surface area contributed by atoms with Crippen LogP contribution in [-0.2, 0) is 4.79 Å². The van der Waals surface area contributed by atoms with Gasteiger partial charge in [-0.3, -0.25) is 9.59 Å². The number of nitrogens with zero attached hydrogens (tertiary/aromatic N) is 1. The molecule has 1 aromatic rings. The van der Waals surface area contributed by atoms with Gasteiger partial charge < -0.3 is 16.0 Å². The highest BCUT2D eigenvalue weighted by Gasteiger charge is 2.23. The molecule has 0 bridgehead atoms. The predicted octanol–water partition coefficient (Wildman–Crippen LogP) is 1.00. The van der Waals surface area contributed by atoms with E-state index in [-0.39, 0.29) is 18.4 Å². The summed E-state index contributed by atoms with van der Waals surface area (Å²) in [7, 11) is 0. The normalized spacial score (nSPS) is 18.3. The molecule has 1 heterocycles. The minimum Gasteiger partial charge on any atom is -0.343 e. The first-order valence-corrected chi connectivity index (χ1v) is 7.52. The molecule has 1 fully saturated rings. The summed E-state index contributed by atoms with van der Waals surface area (Å²) in [4.78, 5) is 25.9. The quantitative estimate of drug-likeness (QED) is 0.849. The molecule has 0 saturated carbocycles. The van der Waals surface area contributed by atoms with E-state index in [0.29, 0.717) is 18.0 Å². The van der Waals surface area contributed by atoms with Crippen molar-refractivity contribution in [3.05, 3.63) is 35.9 Å². The van der Waals surface area contributed by atoms with Gasteiger partial charge in [0.05, 0.1) is 6.54 Å². The van der Waals surface area contributed by atoms with Crippen molar-refractivity contribution < 1.29 is 9.59 Å². The first kappa shape index (κ1) is 15.5. The van der Waals surface area contributed by atoms with Gasteiger partial charge in [0.2, 0.25) is 5.91 Å². The molecule has 1 saturated heterocycles. The summed E-state index contributed by atoms with van der Waals surface area (Å²) in [5.74, 6) is 0.276. The van der Waals surface area contributed by atoms with Gasteiger partial charge in [-0.05, 0) is 43.9 Å². The number of hydrogen-bond acceptors (Lipinski definition) is 3. The summed E-state index contributed by atoms with van der Waals surface area (Å²) in [5, 5.41) is 2.69. The molecule has 0 aromatic heterocycles. The van der Waals surface area contributed by atoms with Crippen molar-refractivity contribution >= 4 is 11.8 Å². The molecule has 0 aliphatic carbocycles. The zero-order valence-electron chi connectivity index (χ0n) is 12.3. The highest BCUT2D eigenvalue weighted by Crippen LogP contribution is 2.18. The Morgan fingerprint density at radius 3 is 2.76 bits per heavy atom. The van der Waals surface area contributed by atoms with Crippen molar-refractivity contribution in [3.8, 4) is 0 Å². The second-order valence-corrected chi connectivity index (χ2v) is 5.47. The van der Waals surface area contributed by atoms with Crippen LogP contribution in [0.4, 0.5) is 0 Å². The second-order valence-electron chi connectivity index (χ2n) is 5.47. The monoisotopic (exact) mass is 289 g/mol. The third-order valence-corrected chi connectivity index (χ3v) is 3.88. The number of benzene rings is 1. The largest absolute Gasteiger partial charge is 0.343 e. The molecule has 1 aromatic carbocycles. The summed E-state index contributed by atoms with van der Waals surface area (Å²) < 4.78 is 0. The average molecular weight is 289 g/mol. The Hall–Kier alpha value is -1.88. The SMILES string of the molecule is NCCC1CCCN(C(=O)CNC(=O)c2ccccc2)C1. The van der Waals surface area contributed by atoms with E-state index in [2.05, 4.69) is 5.32 Å². The Balaban J connectivity index is 1.80. The fraction of sp³-hybridized carbons (Fsp3) is 0.500. The summed E-state index contributed by atoms with van der Waals surface area (Å²) >= 11 is 0. The van der Waals surface area contributed by atoms with Crippen LogP contribution in [0.15, 0.2) is 30.3 Å². The standard InChI is InChI=1S/C16H23N3O2/c17-9-8-13-5-4-10-19(12-13)15(20)11-18-16(21)14-6-2-1-3-7-14/h1-3,6-7,13H,4-5,8-12,17H2,(H,18,21). The zero-order valence-corrected chi connectivity index (χ0v) is 12.3. The highest BCUT2D eigenvalue weighted by atomic mass is 16.2. The lowest BCUT2D eigenvalue weighted by molar-refractivity contribution is -0.131. The van der Waals surface area contributed by atoms with Crippen LogP contribution in [0.3, 0.4) is 0 Å². The Bertz CT molecular complexity index is 474. The molecule has 1 aliphatic heterocycles. The van der Waals surface area contributed by atoms with E-state index in [1.807, 2.05) is 11.0 Å². The lowest BCUT2D eigenvalue weighted by atomic mass is 9.95. The van der Waals surface area contributed by atoms with Gasteiger partial charge in [-0.15, -0.1) is 0 Å². The van der Waals surface area contributed by atoms with Crippen molar-refractivity contribution in [3.63, 3.8) is 0 Å². The van der Waals surface area contributed by atoms with Crippen molar-refractivity contribution in [2.75, 3.05) is 26.2 Å². The van der Waals surface area contributed by atoms with Crippen LogP contribution >= 0.6 is 0 Å². The maximum atomic E-state index is 12.2. The fourth-order valence-corrected chi connectivity index (χ4v) is 2.72. The number of amides is 2. The molecule has 0 spiro atoms. The molecule has 1 aliphatic rings. The van der Waals surface area contributed by atoms with Crippen LogP contribution in [0.1, 0.15) is 29.6 Å². The molecular weight excluding hydrogens is 266 g/mol. The number of carbonyl (C=O) groups is 2. The maximum absolute atomic E-state index is 12.2. The van der Waals surface area contributed by atoms with E-state index >= 15 is 0 Å². The zero-order chi connectivity index (χ0) is 15.1. The van der Waals surface area contributed by atoms with E-state index in [1.54, 1.807) is 24.3 Å². The molecule has 5 nitrogen and oxygen atoms in total. The van der Waals surface area contributed by atoms with Crippen molar-refractivity contribution in [2.45, 2.75) is 19.3 Å². The molecule has 21 heavy (non-hydrogen) atoms. The molecule has 114 valence electrons. The number of nitrogens with one attached hydrogen (secondary N) is 1. The van der Waals surface area contributed by atoms with Crippen LogP contribution in [0.25, 0.3) is 0 Å². The maximum Gasteiger partial charge on any atom is 0.251 e. The number of piperidine rings is 1. The molecule has 3 N–H and O–H groups in total. The van der Waals surface area contributed by atoms with Gasteiger partial charge in [0.1, 0.15) is 0 Å². The Kier molecular flexibility index (Phi) is 5.75. The summed E-state index contributed by atoms with van der Waals surface area (Å²) in [6.07, 6.45) is 3.11. The second kappa shape index (κ2) is 7.78. The fourth-order valence-electron chi connectivity index (χ4n) is 2.72. The van der Waals surface area contributed by atoms with Crippen molar-refractivity contribution in [1.82, 2.24) is 10.2 Å². The number of hydrogen-bond donors (Lipinski definition) is 2. The third kappa shape index (κ3) is 4.56. The number of nitrogens with two attached hydrogens (primary N) is 1. The molecular formula is C16H23N3O2. The first-order chi connectivity index (χ1) is 10.2. The molecule has 1 unspecified atom stereocenters. The molecule has 2 rings (SSSR count). The van der Waals surface area contributed by atoms with Gasteiger partial charge in [-0.2, -0.15) is 0 Å². The van der Waals surface area contributed by atoms with Gasteiger partial charge in [-0.25, -0.2) is 0 Å². The molecule has 1 atom stereocenters.